The summed E-state index contributed by atoms with van der Waals surface area (Å²) >= 11 is 0. The van der Waals surface area contributed by atoms with Crippen LogP contribution in [-0.2, 0) is 0 Å². The molecular formula is C34H20O. The number of para-hydroxylation sites is 1. The van der Waals surface area contributed by atoms with Gasteiger partial charge < -0.3 is 4.42 Å². The molecule has 0 N–H and O–H groups in total. The highest BCUT2D eigenvalue weighted by molar-refractivity contribution is 6.16. The highest BCUT2D eigenvalue weighted by atomic mass is 16.3. The van der Waals surface area contributed by atoms with Gasteiger partial charge in [-0.3, -0.25) is 0 Å². The lowest BCUT2D eigenvalue weighted by Gasteiger charge is -2.10. The van der Waals surface area contributed by atoms with Crippen LogP contribution in [0.1, 0.15) is 0 Å². The number of furan rings is 1. The zero-order chi connectivity index (χ0) is 22.9. The third kappa shape index (κ3) is 2.70. The number of rotatable bonds is 2. The summed E-state index contributed by atoms with van der Waals surface area (Å²) in [7, 11) is 0. The molecule has 1 aromatic heterocycles. The number of fused-ring (bicyclic) bond motifs is 6. The number of hydrogen-bond donors (Lipinski definition) is 0. The van der Waals surface area contributed by atoms with Crippen molar-refractivity contribution >= 4 is 32.7 Å². The molecule has 8 rings (SSSR count). The summed E-state index contributed by atoms with van der Waals surface area (Å²) in [6.45, 7) is 0. The summed E-state index contributed by atoms with van der Waals surface area (Å²) in [5.41, 5.74) is 12.1. The van der Waals surface area contributed by atoms with Gasteiger partial charge in [-0.05, 0) is 91.7 Å². The molecule has 1 nitrogen and oxygen atoms in total. The smallest absolute Gasteiger partial charge is 0.135 e. The fourth-order valence-electron chi connectivity index (χ4n) is 5.77. The van der Waals surface area contributed by atoms with Crippen LogP contribution in [0.5, 0.6) is 0 Å². The lowest BCUT2D eigenvalue weighted by Crippen LogP contribution is -1.84. The van der Waals surface area contributed by atoms with E-state index in [1.54, 1.807) is 0 Å². The molecule has 162 valence electrons. The molecule has 0 amide bonds. The van der Waals surface area contributed by atoms with E-state index in [2.05, 4.69) is 109 Å². The summed E-state index contributed by atoms with van der Waals surface area (Å²) in [5, 5.41) is 4.98. The van der Waals surface area contributed by atoms with Gasteiger partial charge in [-0.15, -0.1) is 0 Å². The molecule has 1 heteroatoms. The van der Waals surface area contributed by atoms with Crippen molar-refractivity contribution in [2.24, 2.45) is 0 Å². The quantitative estimate of drug-likeness (QED) is 0.259. The largest absolute Gasteiger partial charge is 0.456 e. The third-order valence-corrected chi connectivity index (χ3v) is 7.39. The van der Waals surface area contributed by atoms with E-state index in [9.17, 15) is 0 Å². The fourth-order valence-corrected chi connectivity index (χ4v) is 5.77. The normalized spacial score (nSPS) is 12.0. The minimum atomic E-state index is 0.929. The van der Waals surface area contributed by atoms with E-state index < -0.39 is 0 Å². The Bertz CT molecular complexity index is 1950. The third-order valence-electron chi connectivity index (χ3n) is 7.39. The Labute approximate surface area is 202 Å². The van der Waals surface area contributed by atoms with Crippen molar-refractivity contribution in [3.8, 4) is 44.5 Å². The first-order valence-corrected chi connectivity index (χ1v) is 12.0. The Morgan fingerprint density at radius 3 is 1.97 bits per heavy atom. The minimum Gasteiger partial charge on any atom is -0.456 e. The summed E-state index contributed by atoms with van der Waals surface area (Å²) in [5.74, 6) is 0. The highest BCUT2D eigenvalue weighted by Crippen LogP contribution is 2.48. The van der Waals surface area contributed by atoms with E-state index in [1.807, 2.05) is 12.1 Å². The molecule has 0 aliphatic heterocycles. The van der Waals surface area contributed by atoms with Crippen molar-refractivity contribution < 1.29 is 4.42 Å². The van der Waals surface area contributed by atoms with Crippen LogP contribution in [0.3, 0.4) is 0 Å². The molecule has 6 aromatic carbocycles. The lowest BCUT2D eigenvalue weighted by atomic mass is 9.94. The van der Waals surface area contributed by atoms with Gasteiger partial charge in [0.2, 0.25) is 0 Å². The maximum absolute atomic E-state index is 6.04. The van der Waals surface area contributed by atoms with Crippen LogP contribution in [0.2, 0.25) is 0 Å². The van der Waals surface area contributed by atoms with Crippen LogP contribution in [0.25, 0.3) is 77.2 Å². The monoisotopic (exact) mass is 444 g/mol. The first-order valence-electron chi connectivity index (χ1n) is 12.0. The zero-order valence-corrected chi connectivity index (χ0v) is 19.0. The fraction of sp³-hybridized carbons (Fsp3) is 0. The van der Waals surface area contributed by atoms with Crippen LogP contribution in [0.15, 0.2) is 126 Å². The van der Waals surface area contributed by atoms with Crippen LogP contribution in [0, 0.1) is 0 Å². The van der Waals surface area contributed by atoms with E-state index in [0.29, 0.717) is 0 Å². The maximum atomic E-state index is 6.04. The first kappa shape index (κ1) is 18.8. The summed E-state index contributed by atoms with van der Waals surface area (Å²) < 4.78 is 6.04. The Morgan fingerprint density at radius 2 is 1.06 bits per heavy atom. The van der Waals surface area contributed by atoms with Gasteiger partial charge >= 0.3 is 0 Å². The second-order valence-corrected chi connectivity index (χ2v) is 9.36. The molecule has 7 aromatic rings. The van der Waals surface area contributed by atoms with Gasteiger partial charge in [0.1, 0.15) is 11.2 Å². The van der Waals surface area contributed by atoms with Crippen LogP contribution < -0.4 is 0 Å². The van der Waals surface area contributed by atoms with Gasteiger partial charge in [0.15, 0.2) is 0 Å². The van der Waals surface area contributed by atoms with Gasteiger partial charge in [-0.2, -0.15) is 0 Å². The molecule has 0 atom stereocenters. The van der Waals surface area contributed by atoms with Gasteiger partial charge in [0, 0.05) is 10.8 Å². The number of benzene rings is 6. The molecule has 0 fully saturated rings. The molecule has 0 spiro atoms. The molecule has 35 heavy (non-hydrogen) atoms. The van der Waals surface area contributed by atoms with E-state index in [1.165, 1.54) is 55.3 Å². The van der Waals surface area contributed by atoms with Gasteiger partial charge in [-0.1, -0.05) is 84.9 Å². The van der Waals surface area contributed by atoms with Crippen LogP contribution >= 0.6 is 0 Å². The van der Waals surface area contributed by atoms with Gasteiger partial charge in [0.05, 0.1) is 0 Å². The zero-order valence-electron chi connectivity index (χ0n) is 19.0. The summed E-state index contributed by atoms with van der Waals surface area (Å²) in [6.07, 6.45) is 0. The molecule has 1 aliphatic carbocycles. The second-order valence-electron chi connectivity index (χ2n) is 9.36. The molecule has 0 saturated carbocycles. The van der Waals surface area contributed by atoms with Gasteiger partial charge in [0.25, 0.3) is 0 Å². The molecule has 1 heterocycles. The minimum absolute atomic E-state index is 0.929. The molecule has 0 bridgehead atoms. The topological polar surface area (TPSA) is 13.1 Å². The van der Waals surface area contributed by atoms with E-state index in [4.69, 9.17) is 4.42 Å². The molecule has 0 saturated heterocycles. The molecular weight excluding hydrogens is 424 g/mol. The van der Waals surface area contributed by atoms with E-state index in [-0.39, 0.29) is 0 Å². The first-order chi connectivity index (χ1) is 17.3. The predicted octanol–water partition coefficient (Wildman–Crippen LogP) is 9.72. The van der Waals surface area contributed by atoms with Crippen molar-refractivity contribution in [3.63, 3.8) is 0 Å². The Morgan fingerprint density at radius 1 is 0.371 bits per heavy atom. The van der Waals surface area contributed by atoms with E-state index in [0.717, 1.165) is 21.9 Å². The van der Waals surface area contributed by atoms with Crippen molar-refractivity contribution in [2.45, 2.75) is 0 Å². The predicted molar refractivity (Wildman–Crippen MR) is 147 cm³/mol. The molecule has 0 unspecified atom stereocenters. The lowest BCUT2D eigenvalue weighted by molar-refractivity contribution is 0.669. The van der Waals surface area contributed by atoms with E-state index >= 15 is 0 Å². The average molecular weight is 445 g/mol. The van der Waals surface area contributed by atoms with Gasteiger partial charge in [-0.25, -0.2) is 0 Å². The highest BCUT2D eigenvalue weighted by Gasteiger charge is 2.21. The summed E-state index contributed by atoms with van der Waals surface area (Å²) in [6, 6.07) is 43.7. The standard InChI is InChI=1S/C34H20O/c1-2-11-27-26(10-1)29-13-6-9-24-18-25(20-31(27)34(24)29)22-8-5-7-21(17-22)23-15-16-33-30(19-23)28-12-3-4-14-32(28)35-33/h1-20H. The van der Waals surface area contributed by atoms with Crippen molar-refractivity contribution in [1.82, 2.24) is 0 Å². The Balaban J connectivity index is 1.30. The Kier molecular flexibility index (Phi) is 3.72. The summed E-state index contributed by atoms with van der Waals surface area (Å²) in [4.78, 5) is 0. The van der Waals surface area contributed by atoms with Crippen LogP contribution in [-0.4, -0.2) is 0 Å². The van der Waals surface area contributed by atoms with Crippen molar-refractivity contribution in [3.05, 3.63) is 121 Å². The van der Waals surface area contributed by atoms with Crippen molar-refractivity contribution in [1.29, 1.82) is 0 Å². The SMILES string of the molecule is c1cc(-c2cc3c4c(cccc4c2)-c2ccccc2-3)cc(-c2ccc3oc4ccccc4c3c2)c1. The van der Waals surface area contributed by atoms with Crippen molar-refractivity contribution in [2.75, 3.05) is 0 Å². The molecule has 1 aliphatic rings. The average Bonchev–Trinajstić information content (AvgIpc) is 3.45. The van der Waals surface area contributed by atoms with Crippen LogP contribution in [0.4, 0.5) is 0 Å². The number of hydrogen-bond acceptors (Lipinski definition) is 1. The maximum Gasteiger partial charge on any atom is 0.135 e. The Hall–Kier alpha value is -4.62. The molecule has 0 radical (unpaired) electrons. The second kappa shape index (κ2) is 6.94.